The van der Waals surface area contributed by atoms with Crippen LogP contribution in [0.15, 0.2) is 48.7 Å². The molecule has 0 spiro atoms. The quantitative estimate of drug-likeness (QED) is 0.795. The number of aliphatic hydroxyl groups is 1. The molecule has 2 rings (SSSR count). The average Bonchev–Trinajstić information content (AvgIpc) is 2.49. The molecule has 0 fully saturated rings. The van der Waals surface area contributed by atoms with Gasteiger partial charge in [-0.25, -0.2) is 9.59 Å². The standard InChI is InChI=1S/C13H11NO2.C3H6O3/c15-13(16)11-7-4-8-14-12(11)9-10-5-2-1-3-6-10;1-2(4)3(5)6/h1-8H,9H2,(H,15,16);2,4H,1H3,(H,5,6). The van der Waals surface area contributed by atoms with E-state index in [1.54, 1.807) is 18.3 Å². The average molecular weight is 303 g/mol. The molecule has 1 heterocycles. The number of carbonyl (C=O) groups is 2. The van der Waals surface area contributed by atoms with Crippen molar-refractivity contribution in [3.05, 3.63) is 65.5 Å². The van der Waals surface area contributed by atoms with Gasteiger partial charge in [-0.2, -0.15) is 0 Å². The van der Waals surface area contributed by atoms with Crippen LogP contribution in [-0.4, -0.2) is 38.3 Å². The largest absolute Gasteiger partial charge is 0.479 e. The van der Waals surface area contributed by atoms with Crippen LogP contribution in [0.25, 0.3) is 0 Å². The Bertz CT molecular complexity index is 625. The predicted molar refractivity (Wildman–Crippen MR) is 79.8 cm³/mol. The number of nitrogens with zero attached hydrogens (tertiary/aromatic N) is 1. The highest BCUT2D eigenvalue weighted by atomic mass is 16.4. The van der Waals surface area contributed by atoms with Gasteiger partial charge in [0.05, 0.1) is 11.3 Å². The Morgan fingerprint density at radius 3 is 2.18 bits per heavy atom. The maximum absolute atomic E-state index is 11.0. The molecule has 0 aliphatic rings. The van der Waals surface area contributed by atoms with Crippen LogP contribution in [0.4, 0.5) is 0 Å². The number of carboxylic acids is 2. The Hall–Kier alpha value is -2.73. The lowest BCUT2D eigenvalue weighted by Gasteiger charge is -2.04. The summed E-state index contributed by atoms with van der Waals surface area (Å²) < 4.78 is 0. The van der Waals surface area contributed by atoms with Crippen LogP contribution >= 0.6 is 0 Å². The number of hydrogen-bond acceptors (Lipinski definition) is 4. The van der Waals surface area contributed by atoms with Gasteiger partial charge in [0.2, 0.25) is 0 Å². The molecule has 6 heteroatoms. The summed E-state index contributed by atoms with van der Waals surface area (Å²) in [6, 6.07) is 12.9. The highest BCUT2D eigenvalue weighted by molar-refractivity contribution is 5.88. The minimum Gasteiger partial charge on any atom is -0.479 e. The highest BCUT2D eigenvalue weighted by Crippen LogP contribution is 2.11. The zero-order valence-corrected chi connectivity index (χ0v) is 12.0. The third-order valence-electron chi connectivity index (χ3n) is 2.69. The zero-order valence-electron chi connectivity index (χ0n) is 12.0. The molecule has 1 aromatic carbocycles. The van der Waals surface area contributed by atoms with Gasteiger partial charge < -0.3 is 15.3 Å². The monoisotopic (exact) mass is 303 g/mol. The summed E-state index contributed by atoms with van der Waals surface area (Å²) in [5.41, 5.74) is 1.93. The van der Waals surface area contributed by atoms with E-state index in [1.165, 1.54) is 6.92 Å². The van der Waals surface area contributed by atoms with Gasteiger partial charge >= 0.3 is 11.9 Å². The van der Waals surface area contributed by atoms with Crippen molar-refractivity contribution in [1.29, 1.82) is 0 Å². The first-order chi connectivity index (χ1) is 10.4. The molecule has 116 valence electrons. The maximum atomic E-state index is 11.0. The fourth-order valence-electron chi connectivity index (χ4n) is 1.56. The molecule has 0 aliphatic heterocycles. The van der Waals surface area contributed by atoms with Gasteiger partial charge in [-0.3, -0.25) is 4.98 Å². The van der Waals surface area contributed by atoms with Gasteiger partial charge in [-0.1, -0.05) is 30.3 Å². The second kappa shape index (κ2) is 8.53. The number of aromatic nitrogens is 1. The van der Waals surface area contributed by atoms with Gasteiger partial charge in [0, 0.05) is 12.6 Å². The Morgan fingerprint density at radius 2 is 1.68 bits per heavy atom. The molecule has 22 heavy (non-hydrogen) atoms. The number of aromatic carboxylic acids is 1. The molecular weight excluding hydrogens is 286 g/mol. The topological polar surface area (TPSA) is 108 Å². The summed E-state index contributed by atoms with van der Waals surface area (Å²) in [5.74, 6) is -2.12. The lowest BCUT2D eigenvalue weighted by molar-refractivity contribution is -0.145. The molecule has 1 aromatic heterocycles. The van der Waals surface area contributed by atoms with Gasteiger partial charge in [-0.05, 0) is 24.6 Å². The first kappa shape index (κ1) is 17.3. The van der Waals surface area contributed by atoms with Crippen LogP contribution in [0.2, 0.25) is 0 Å². The smallest absolute Gasteiger partial charge is 0.337 e. The predicted octanol–water partition coefficient (Wildman–Crippen LogP) is 1.82. The van der Waals surface area contributed by atoms with Crippen LogP contribution < -0.4 is 0 Å². The van der Waals surface area contributed by atoms with Crippen molar-refractivity contribution in [2.24, 2.45) is 0 Å². The van der Waals surface area contributed by atoms with Crippen molar-refractivity contribution >= 4 is 11.9 Å². The van der Waals surface area contributed by atoms with E-state index in [4.69, 9.17) is 15.3 Å². The van der Waals surface area contributed by atoms with Gasteiger partial charge in [0.15, 0.2) is 0 Å². The Morgan fingerprint density at radius 1 is 1.09 bits per heavy atom. The Labute approximate surface area is 127 Å². The summed E-state index contributed by atoms with van der Waals surface area (Å²) in [5, 5.41) is 24.8. The van der Waals surface area contributed by atoms with Crippen molar-refractivity contribution in [2.75, 3.05) is 0 Å². The molecule has 1 atom stereocenters. The first-order valence-corrected chi connectivity index (χ1v) is 6.53. The zero-order chi connectivity index (χ0) is 16.5. The number of rotatable bonds is 4. The second-order valence-electron chi connectivity index (χ2n) is 4.48. The molecule has 6 nitrogen and oxygen atoms in total. The highest BCUT2D eigenvalue weighted by Gasteiger charge is 2.10. The summed E-state index contributed by atoms with van der Waals surface area (Å²) >= 11 is 0. The normalized spacial score (nSPS) is 11.0. The lowest BCUT2D eigenvalue weighted by Crippen LogP contribution is -2.13. The molecule has 3 N–H and O–H groups in total. The fraction of sp³-hybridized carbons (Fsp3) is 0.188. The van der Waals surface area contributed by atoms with E-state index in [-0.39, 0.29) is 5.56 Å². The van der Waals surface area contributed by atoms with Crippen LogP contribution in [0.3, 0.4) is 0 Å². The summed E-state index contributed by atoms with van der Waals surface area (Å²) in [7, 11) is 0. The summed E-state index contributed by atoms with van der Waals surface area (Å²) in [6.45, 7) is 1.20. The molecule has 0 amide bonds. The van der Waals surface area contributed by atoms with Gasteiger partial charge in [-0.15, -0.1) is 0 Å². The number of hydrogen-bond donors (Lipinski definition) is 3. The Balaban J connectivity index is 0.000000346. The summed E-state index contributed by atoms with van der Waals surface area (Å²) in [6.07, 6.45) is 0.929. The van der Waals surface area contributed by atoms with Crippen molar-refractivity contribution in [1.82, 2.24) is 4.98 Å². The summed E-state index contributed by atoms with van der Waals surface area (Å²) in [4.78, 5) is 24.5. The van der Waals surface area contributed by atoms with Gasteiger partial charge in [0.1, 0.15) is 6.10 Å². The molecule has 0 saturated carbocycles. The molecule has 0 saturated heterocycles. The minimum atomic E-state index is -1.23. The van der Waals surface area contributed by atoms with E-state index in [9.17, 15) is 9.59 Å². The van der Waals surface area contributed by atoms with Crippen LogP contribution in [0.1, 0.15) is 28.5 Å². The number of pyridine rings is 1. The van der Waals surface area contributed by atoms with Crippen LogP contribution in [-0.2, 0) is 11.2 Å². The van der Waals surface area contributed by atoms with E-state index in [1.807, 2.05) is 30.3 Å². The molecule has 0 bridgehead atoms. The number of aliphatic carboxylic acids is 1. The van der Waals surface area contributed by atoms with E-state index in [2.05, 4.69) is 4.98 Å². The van der Waals surface area contributed by atoms with E-state index in [0.29, 0.717) is 12.1 Å². The van der Waals surface area contributed by atoms with Crippen LogP contribution in [0, 0.1) is 0 Å². The van der Waals surface area contributed by atoms with E-state index in [0.717, 1.165) is 5.56 Å². The van der Waals surface area contributed by atoms with Crippen molar-refractivity contribution in [3.8, 4) is 0 Å². The minimum absolute atomic E-state index is 0.270. The fourth-order valence-corrected chi connectivity index (χ4v) is 1.56. The number of carboxylic acid groups (broad SMARTS) is 2. The molecule has 2 aromatic rings. The third-order valence-corrected chi connectivity index (χ3v) is 2.69. The van der Waals surface area contributed by atoms with E-state index >= 15 is 0 Å². The number of benzene rings is 1. The molecule has 0 radical (unpaired) electrons. The third kappa shape index (κ3) is 5.72. The first-order valence-electron chi connectivity index (χ1n) is 6.53. The lowest BCUT2D eigenvalue weighted by atomic mass is 10.1. The van der Waals surface area contributed by atoms with Crippen molar-refractivity contribution < 1.29 is 24.9 Å². The molecule has 1 unspecified atom stereocenters. The van der Waals surface area contributed by atoms with Crippen molar-refractivity contribution in [3.63, 3.8) is 0 Å². The van der Waals surface area contributed by atoms with Gasteiger partial charge in [0.25, 0.3) is 0 Å². The SMILES string of the molecule is CC(O)C(=O)O.O=C(O)c1cccnc1Cc1ccccc1. The maximum Gasteiger partial charge on any atom is 0.337 e. The molecular formula is C16H17NO5. The van der Waals surface area contributed by atoms with E-state index < -0.39 is 18.0 Å². The van der Waals surface area contributed by atoms with Crippen LogP contribution in [0.5, 0.6) is 0 Å². The molecule has 0 aliphatic carbocycles. The number of aliphatic hydroxyl groups excluding tert-OH is 1. The second-order valence-corrected chi connectivity index (χ2v) is 4.48. The van der Waals surface area contributed by atoms with Crippen molar-refractivity contribution in [2.45, 2.75) is 19.4 Å². The Kier molecular flexibility index (Phi) is 6.72.